The van der Waals surface area contributed by atoms with Crippen LogP contribution < -0.4 is 5.73 Å². The molecule has 2 N–H and O–H groups in total. The number of anilines is 1. The maximum absolute atomic E-state index is 13.7. The van der Waals surface area contributed by atoms with Gasteiger partial charge < -0.3 is 10.6 Å². The molecule has 0 spiro atoms. The fourth-order valence-corrected chi connectivity index (χ4v) is 2.16. The largest absolute Gasteiger partial charge is 0.396 e. The lowest BCUT2D eigenvalue weighted by Gasteiger charge is -2.17. The van der Waals surface area contributed by atoms with E-state index < -0.39 is 5.82 Å². The first kappa shape index (κ1) is 15.3. The summed E-state index contributed by atoms with van der Waals surface area (Å²) in [5, 5.41) is 4.39. The highest BCUT2D eigenvalue weighted by atomic mass is 35.5. The molecule has 0 aliphatic rings. The molecule has 21 heavy (non-hydrogen) atoms. The van der Waals surface area contributed by atoms with Crippen molar-refractivity contribution in [1.82, 2.24) is 14.7 Å². The minimum Gasteiger partial charge on any atom is -0.396 e. The second-order valence-corrected chi connectivity index (χ2v) is 5.06. The lowest BCUT2D eigenvalue weighted by Crippen LogP contribution is -2.28. The molecule has 1 aromatic carbocycles. The van der Waals surface area contributed by atoms with Crippen LogP contribution in [0, 0.1) is 5.82 Å². The Labute approximate surface area is 127 Å². The van der Waals surface area contributed by atoms with Crippen LogP contribution in [0.3, 0.4) is 0 Å². The lowest BCUT2D eigenvalue weighted by molar-refractivity contribution is 0.0778. The van der Waals surface area contributed by atoms with Crippen LogP contribution in [0.1, 0.15) is 23.0 Å². The first-order valence-corrected chi connectivity index (χ1v) is 6.83. The van der Waals surface area contributed by atoms with Crippen LogP contribution in [0.25, 0.3) is 0 Å². The van der Waals surface area contributed by atoms with Crippen LogP contribution >= 0.6 is 11.6 Å². The van der Waals surface area contributed by atoms with Gasteiger partial charge in [-0.25, -0.2) is 4.39 Å². The highest BCUT2D eigenvalue weighted by Gasteiger charge is 2.20. The quantitative estimate of drug-likeness (QED) is 0.944. The zero-order valence-electron chi connectivity index (χ0n) is 11.8. The highest BCUT2D eigenvalue weighted by molar-refractivity contribution is 6.31. The number of amides is 1. The van der Waals surface area contributed by atoms with Gasteiger partial charge in [-0.1, -0.05) is 17.7 Å². The van der Waals surface area contributed by atoms with Gasteiger partial charge >= 0.3 is 0 Å². The minimum absolute atomic E-state index is 0.0444. The predicted octanol–water partition coefficient (Wildman–Crippen LogP) is 2.55. The van der Waals surface area contributed by atoms with Crippen molar-refractivity contribution in [3.05, 3.63) is 46.5 Å². The predicted molar refractivity (Wildman–Crippen MR) is 79.5 cm³/mol. The molecule has 2 aromatic rings. The average Bonchev–Trinajstić information content (AvgIpc) is 2.83. The summed E-state index contributed by atoms with van der Waals surface area (Å²) in [5.41, 5.74) is 6.50. The number of carbonyl (C=O) groups is 1. The second kappa shape index (κ2) is 6.13. The number of carbonyl (C=O) groups excluding carboxylic acids is 1. The van der Waals surface area contributed by atoms with Gasteiger partial charge in [-0.3, -0.25) is 9.48 Å². The van der Waals surface area contributed by atoms with Crippen molar-refractivity contribution in [3.63, 3.8) is 0 Å². The SMILES string of the molecule is CCn1cc(N)c(C(=O)N(C)Cc2c(F)cccc2Cl)n1. The fraction of sp³-hybridized carbons (Fsp3) is 0.286. The summed E-state index contributed by atoms with van der Waals surface area (Å²) in [4.78, 5) is 13.7. The van der Waals surface area contributed by atoms with Crippen molar-refractivity contribution in [2.45, 2.75) is 20.0 Å². The Morgan fingerprint density at radius 1 is 1.52 bits per heavy atom. The van der Waals surface area contributed by atoms with Crippen molar-refractivity contribution < 1.29 is 9.18 Å². The molecule has 5 nitrogen and oxygen atoms in total. The van der Waals surface area contributed by atoms with Gasteiger partial charge in [-0.05, 0) is 19.1 Å². The van der Waals surface area contributed by atoms with Gasteiger partial charge in [-0.15, -0.1) is 0 Å². The number of halogens is 2. The first-order chi connectivity index (χ1) is 9.93. The molecule has 0 aliphatic heterocycles. The van der Waals surface area contributed by atoms with E-state index in [4.69, 9.17) is 17.3 Å². The van der Waals surface area contributed by atoms with E-state index in [2.05, 4.69) is 5.10 Å². The van der Waals surface area contributed by atoms with E-state index in [1.54, 1.807) is 24.0 Å². The third-order valence-corrected chi connectivity index (χ3v) is 3.47. The number of hydrogen-bond acceptors (Lipinski definition) is 3. The van der Waals surface area contributed by atoms with Crippen LogP contribution in [0.4, 0.5) is 10.1 Å². The molecule has 0 bridgehead atoms. The number of nitrogens with zero attached hydrogens (tertiary/aromatic N) is 3. The van der Waals surface area contributed by atoms with E-state index in [0.717, 1.165) is 0 Å². The van der Waals surface area contributed by atoms with Gasteiger partial charge in [0.25, 0.3) is 5.91 Å². The Kier molecular flexibility index (Phi) is 4.47. The molecule has 0 radical (unpaired) electrons. The zero-order valence-corrected chi connectivity index (χ0v) is 12.6. The molecule has 1 heterocycles. The van der Waals surface area contributed by atoms with Gasteiger partial charge in [0.15, 0.2) is 5.69 Å². The summed E-state index contributed by atoms with van der Waals surface area (Å²) in [7, 11) is 1.55. The monoisotopic (exact) mass is 310 g/mol. The maximum atomic E-state index is 13.7. The molecule has 0 fully saturated rings. The van der Waals surface area contributed by atoms with E-state index in [-0.39, 0.29) is 28.7 Å². The first-order valence-electron chi connectivity index (χ1n) is 6.45. The zero-order chi connectivity index (χ0) is 15.6. The Hall–Kier alpha value is -2.08. The van der Waals surface area contributed by atoms with Gasteiger partial charge in [0.2, 0.25) is 0 Å². The Bertz CT molecular complexity index is 651. The number of hydrogen-bond donors (Lipinski definition) is 1. The number of rotatable bonds is 4. The van der Waals surface area contributed by atoms with Crippen LogP contribution in [-0.2, 0) is 13.1 Å². The molecule has 0 saturated heterocycles. The third-order valence-electron chi connectivity index (χ3n) is 3.12. The Morgan fingerprint density at radius 3 is 2.81 bits per heavy atom. The molecule has 0 atom stereocenters. The third kappa shape index (κ3) is 3.16. The van der Waals surface area contributed by atoms with Crippen molar-refractivity contribution in [2.75, 3.05) is 12.8 Å². The van der Waals surface area contributed by atoms with Gasteiger partial charge in [0, 0.05) is 30.4 Å². The van der Waals surface area contributed by atoms with Gasteiger partial charge in [-0.2, -0.15) is 5.10 Å². The molecule has 2 rings (SSSR count). The van der Waals surface area contributed by atoms with Crippen LogP contribution in [0.5, 0.6) is 0 Å². The smallest absolute Gasteiger partial charge is 0.276 e. The van der Waals surface area contributed by atoms with E-state index in [1.165, 1.54) is 17.0 Å². The van der Waals surface area contributed by atoms with Crippen LogP contribution in [0.2, 0.25) is 5.02 Å². The highest BCUT2D eigenvalue weighted by Crippen LogP contribution is 2.21. The van der Waals surface area contributed by atoms with Crippen LogP contribution in [0.15, 0.2) is 24.4 Å². The summed E-state index contributed by atoms with van der Waals surface area (Å²) in [6.07, 6.45) is 1.59. The number of aromatic nitrogens is 2. The Balaban J connectivity index is 2.21. The molecular formula is C14H16ClFN4O. The maximum Gasteiger partial charge on any atom is 0.276 e. The van der Waals surface area contributed by atoms with Gasteiger partial charge in [0.1, 0.15) is 5.82 Å². The average molecular weight is 311 g/mol. The molecular weight excluding hydrogens is 295 g/mol. The van der Waals surface area contributed by atoms with Crippen molar-refractivity contribution in [2.24, 2.45) is 0 Å². The number of nitrogens with two attached hydrogens (primary N) is 1. The summed E-state index contributed by atoms with van der Waals surface area (Å²) < 4.78 is 15.3. The Morgan fingerprint density at radius 2 is 2.24 bits per heavy atom. The fourth-order valence-electron chi connectivity index (χ4n) is 1.94. The van der Waals surface area contributed by atoms with Crippen LogP contribution in [-0.4, -0.2) is 27.6 Å². The molecule has 0 unspecified atom stereocenters. The summed E-state index contributed by atoms with van der Waals surface area (Å²) >= 11 is 5.96. The second-order valence-electron chi connectivity index (χ2n) is 4.65. The normalized spacial score (nSPS) is 10.7. The van der Waals surface area contributed by atoms with Crippen molar-refractivity contribution >= 4 is 23.2 Å². The standard InChI is InChI=1S/C14H16ClFN4O/c1-3-20-8-12(17)13(18-20)14(21)19(2)7-9-10(15)5-4-6-11(9)16/h4-6,8H,3,7,17H2,1-2H3. The van der Waals surface area contributed by atoms with Crippen molar-refractivity contribution in [1.29, 1.82) is 0 Å². The lowest BCUT2D eigenvalue weighted by atomic mass is 10.2. The topological polar surface area (TPSA) is 64.2 Å². The van der Waals surface area contributed by atoms with E-state index in [0.29, 0.717) is 12.2 Å². The molecule has 0 saturated carbocycles. The minimum atomic E-state index is -0.450. The van der Waals surface area contributed by atoms with Crippen molar-refractivity contribution in [3.8, 4) is 0 Å². The molecule has 0 aliphatic carbocycles. The van der Waals surface area contributed by atoms with Gasteiger partial charge in [0.05, 0.1) is 12.2 Å². The molecule has 1 amide bonds. The molecule has 112 valence electrons. The summed E-state index contributed by atoms with van der Waals surface area (Å²) in [6.45, 7) is 2.55. The molecule has 7 heteroatoms. The number of benzene rings is 1. The van der Waals surface area contributed by atoms with E-state index in [1.807, 2.05) is 6.92 Å². The van der Waals surface area contributed by atoms with E-state index in [9.17, 15) is 9.18 Å². The molecule has 1 aromatic heterocycles. The number of aryl methyl sites for hydroxylation is 1. The summed E-state index contributed by atoms with van der Waals surface area (Å²) in [6, 6.07) is 4.40. The summed E-state index contributed by atoms with van der Waals surface area (Å²) in [5.74, 6) is -0.826. The van der Waals surface area contributed by atoms with E-state index >= 15 is 0 Å². The number of nitrogen functional groups attached to an aromatic ring is 1.